The number of ketones is 1. The van der Waals surface area contributed by atoms with Crippen LogP contribution in [0.3, 0.4) is 0 Å². The molecule has 0 saturated heterocycles. The van der Waals surface area contributed by atoms with Crippen molar-refractivity contribution in [1.82, 2.24) is 0 Å². The molecule has 0 aliphatic rings. The second kappa shape index (κ2) is 5.70. The SMILES string of the molecule is Cc1ccc(C(=O)CC(C)c2ccc(N)cc2)cc1. The summed E-state index contributed by atoms with van der Waals surface area (Å²) in [6, 6.07) is 15.5. The summed E-state index contributed by atoms with van der Waals surface area (Å²) in [6.07, 6.45) is 0.521. The molecule has 0 radical (unpaired) electrons. The van der Waals surface area contributed by atoms with Crippen molar-refractivity contribution in [1.29, 1.82) is 0 Å². The highest BCUT2D eigenvalue weighted by Crippen LogP contribution is 2.22. The second-order valence-electron chi connectivity index (χ2n) is 5.06. The molecule has 1 unspecified atom stereocenters. The van der Waals surface area contributed by atoms with Crippen LogP contribution in [0.5, 0.6) is 0 Å². The summed E-state index contributed by atoms with van der Waals surface area (Å²) in [5.41, 5.74) is 9.52. The number of hydrogen-bond acceptors (Lipinski definition) is 2. The highest BCUT2D eigenvalue weighted by atomic mass is 16.1. The van der Waals surface area contributed by atoms with E-state index >= 15 is 0 Å². The number of anilines is 1. The van der Waals surface area contributed by atoms with Crippen LogP contribution in [0.15, 0.2) is 48.5 Å². The van der Waals surface area contributed by atoms with Gasteiger partial charge in [-0.2, -0.15) is 0 Å². The van der Waals surface area contributed by atoms with Gasteiger partial charge in [0.15, 0.2) is 5.78 Å². The molecular formula is C17H19NO. The normalized spacial score (nSPS) is 12.1. The molecule has 0 aliphatic carbocycles. The van der Waals surface area contributed by atoms with Gasteiger partial charge in [-0.25, -0.2) is 0 Å². The number of carbonyl (C=O) groups excluding carboxylic acids is 1. The molecule has 0 aromatic heterocycles. The molecule has 2 heteroatoms. The van der Waals surface area contributed by atoms with E-state index in [4.69, 9.17) is 5.73 Å². The minimum Gasteiger partial charge on any atom is -0.399 e. The molecular weight excluding hydrogens is 234 g/mol. The molecule has 0 fully saturated rings. The zero-order chi connectivity index (χ0) is 13.8. The smallest absolute Gasteiger partial charge is 0.163 e. The molecule has 2 aromatic carbocycles. The summed E-state index contributed by atoms with van der Waals surface area (Å²) in [4.78, 5) is 12.2. The van der Waals surface area contributed by atoms with Crippen molar-refractivity contribution < 1.29 is 4.79 Å². The molecule has 2 rings (SSSR count). The van der Waals surface area contributed by atoms with Crippen LogP contribution in [0.25, 0.3) is 0 Å². The van der Waals surface area contributed by atoms with Crippen molar-refractivity contribution in [3.8, 4) is 0 Å². The van der Waals surface area contributed by atoms with Gasteiger partial charge < -0.3 is 5.73 Å². The van der Waals surface area contributed by atoms with Gasteiger partial charge in [0, 0.05) is 17.7 Å². The average molecular weight is 253 g/mol. The Balaban J connectivity index is 2.06. The molecule has 2 nitrogen and oxygen atoms in total. The molecule has 0 amide bonds. The minimum absolute atomic E-state index is 0.185. The third kappa shape index (κ3) is 3.44. The van der Waals surface area contributed by atoms with Crippen molar-refractivity contribution in [2.24, 2.45) is 0 Å². The minimum atomic E-state index is 0.185. The van der Waals surface area contributed by atoms with Crippen LogP contribution in [-0.2, 0) is 0 Å². The van der Waals surface area contributed by atoms with Gasteiger partial charge in [0.25, 0.3) is 0 Å². The van der Waals surface area contributed by atoms with E-state index in [1.165, 1.54) is 5.56 Å². The van der Waals surface area contributed by atoms with Crippen molar-refractivity contribution in [2.75, 3.05) is 5.73 Å². The summed E-state index contributed by atoms with van der Waals surface area (Å²) >= 11 is 0. The van der Waals surface area contributed by atoms with E-state index in [2.05, 4.69) is 6.92 Å². The zero-order valence-corrected chi connectivity index (χ0v) is 11.4. The molecule has 1 atom stereocenters. The first-order chi connectivity index (χ1) is 9.06. The molecule has 19 heavy (non-hydrogen) atoms. The van der Waals surface area contributed by atoms with Gasteiger partial charge in [0.05, 0.1) is 0 Å². The van der Waals surface area contributed by atoms with Crippen LogP contribution >= 0.6 is 0 Å². The van der Waals surface area contributed by atoms with Crippen LogP contribution in [-0.4, -0.2) is 5.78 Å². The monoisotopic (exact) mass is 253 g/mol. The highest BCUT2D eigenvalue weighted by Gasteiger charge is 2.12. The number of benzene rings is 2. The highest BCUT2D eigenvalue weighted by molar-refractivity contribution is 5.96. The third-order valence-corrected chi connectivity index (χ3v) is 3.37. The van der Waals surface area contributed by atoms with Crippen LogP contribution in [0.1, 0.15) is 40.7 Å². The van der Waals surface area contributed by atoms with E-state index in [0.717, 1.165) is 16.8 Å². The maximum absolute atomic E-state index is 12.2. The lowest BCUT2D eigenvalue weighted by molar-refractivity contribution is 0.0975. The fraction of sp³-hybridized carbons (Fsp3) is 0.235. The number of hydrogen-bond donors (Lipinski definition) is 1. The number of aryl methyl sites for hydroxylation is 1. The predicted octanol–water partition coefficient (Wildman–Crippen LogP) is 3.95. The van der Waals surface area contributed by atoms with E-state index in [9.17, 15) is 4.79 Å². The summed E-state index contributed by atoms with van der Waals surface area (Å²) in [7, 11) is 0. The Hall–Kier alpha value is -2.09. The number of nitrogens with two attached hydrogens (primary N) is 1. The molecule has 0 saturated carbocycles. The van der Waals surface area contributed by atoms with Crippen LogP contribution in [0, 0.1) is 6.92 Å². The topological polar surface area (TPSA) is 43.1 Å². The Kier molecular flexibility index (Phi) is 4.00. The van der Waals surface area contributed by atoms with Crippen molar-refractivity contribution in [3.05, 3.63) is 65.2 Å². The van der Waals surface area contributed by atoms with Crippen molar-refractivity contribution >= 4 is 11.5 Å². The number of nitrogen functional groups attached to an aromatic ring is 1. The fourth-order valence-corrected chi connectivity index (χ4v) is 2.08. The van der Waals surface area contributed by atoms with E-state index < -0.39 is 0 Å². The second-order valence-corrected chi connectivity index (χ2v) is 5.06. The predicted molar refractivity (Wildman–Crippen MR) is 79.4 cm³/mol. The maximum atomic E-state index is 12.2. The Morgan fingerprint density at radius 1 is 1.05 bits per heavy atom. The summed E-state index contributed by atoms with van der Waals surface area (Å²) in [6.45, 7) is 4.09. The Morgan fingerprint density at radius 2 is 1.63 bits per heavy atom. The van der Waals surface area contributed by atoms with Gasteiger partial charge >= 0.3 is 0 Å². The lowest BCUT2D eigenvalue weighted by atomic mass is 9.93. The standard InChI is InChI=1S/C17H19NO/c1-12-3-5-15(6-4-12)17(19)11-13(2)14-7-9-16(18)10-8-14/h3-10,13H,11,18H2,1-2H3. The first-order valence-corrected chi connectivity index (χ1v) is 6.51. The summed E-state index contributed by atoms with van der Waals surface area (Å²) < 4.78 is 0. The summed E-state index contributed by atoms with van der Waals surface area (Å²) in [5, 5.41) is 0. The lowest BCUT2D eigenvalue weighted by Crippen LogP contribution is -2.05. The Morgan fingerprint density at radius 3 is 2.21 bits per heavy atom. The molecule has 0 aliphatic heterocycles. The largest absolute Gasteiger partial charge is 0.399 e. The molecule has 2 aromatic rings. The lowest BCUT2D eigenvalue weighted by Gasteiger charge is -2.11. The number of carbonyl (C=O) groups is 1. The fourth-order valence-electron chi connectivity index (χ4n) is 2.08. The van der Waals surface area contributed by atoms with Crippen LogP contribution in [0.2, 0.25) is 0 Å². The first kappa shape index (κ1) is 13.3. The molecule has 0 spiro atoms. The molecule has 0 bridgehead atoms. The molecule has 2 N–H and O–H groups in total. The van der Waals surface area contributed by atoms with Gasteiger partial charge in [-0.15, -0.1) is 0 Å². The van der Waals surface area contributed by atoms with E-state index in [0.29, 0.717) is 6.42 Å². The maximum Gasteiger partial charge on any atom is 0.163 e. The molecule has 98 valence electrons. The average Bonchev–Trinajstić information content (AvgIpc) is 2.40. The van der Waals surface area contributed by atoms with E-state index in [-0.39, 0.29) is 11.7 Å². The Bertz CT molecular complexity index is 555. The molecule has 0 heterocycles. The zero-order valence-electron chi connectivity index (χ0n) is 11.4. The van der Waals surface area contributed by atoms with Crippen molar-refractivity contribution in [2.45, 2.75) is 26.2 Å². The quantitative estimate of drug-likeness (QED) is 0.662. The van der Waals surface area contributed by atoms with Gasteiger partial charge in [-0.05, 0) is 30.5 Å². The summed E-state index contributed by atoms with van der Waals surface area (Å²) in [5.74, 6) is 0.388. The Labute approximate surface area is 114 Å². The number of rotatable bonds is 4. The van der Waals surface area contributed by atoms with Crippen molar-refractivity contribution in [3.63, 3.8) is 0 Å². The van der Waals surface area contributed by atoms with Crippen LogP contribution in [0.4, 0.5) is 5.69 Å². The van der Waals surface area contributed by atoms with Gasteiger partial charge in [0.1, 0.15) is 0 Å². The van der Waals surface area contributed by atoms with Crippen LogP contribution < -0.4 is 5.73 Å². The first-order valence-electron chi connectivity index (χ1n) is 6.51. The third-order valence-electron chi connectivity index (χ3n) is 3.37. The van der Waals surface area contributed by atoms with E-state index in [1.807, 2.05) is 55.5 Å². The van der Waals surface area contributed by atoms with E-state index in [1.54, 1.807) is 0 Å². The number of Topliss-reactive ketones (excluding diaryl/α,β-unsaturated/α-hetero) is 1. The van der Waals surface area contributed by atoms with Gasteiger partial charge in [0.2, 0.25) is 0 Å². The van der Waals surface area contributed by atoms with Gasteiger partial charge in [-0.1, -0.05) is 48.9 Å². The van der Waals surface area contributed by atoms with Gasteiger partial charge in [-0.3, -0.25) is 4.79 Å².